The summed E-state index contributed by atoms with van der Waals surface area (Å²) in [6.07, 6.45) is 0.244. The number of esters is 1. The van der Waals surface area contributed by atoms with Crippen LogP contribution in [0, 0.1) is 11.3 Å². The van der Waals surface area contributed by atoms with Gasteiger partial charge in [0.1, 0.15) is 0 Å². The second-order valence-corrected chi connectivity index (χ2v) is 6.77. The van der Waals surface area contributed by atoms with Crippen LogP contribution in [0.15, 0.2) is 22.3 Å². The third-order valence-corrected chi connectivity index (χ3v) is 4.66. The number of allylic oxidation sites excluding steroid dienone is 1. The van der Waals surface area contributed by atoms with Crippen LogP contribution in [0.4, 0.5) is 0 Å². The first-order valence-electron chi connectivity index (χ1n) is 6.79. The van der Waals surface area contributed by atoms with Gasteiger partial charge in [0.05, 0.1) is 6.10 Å². The van der Waals surface area contributed by atoms with Gasteiger partial charge in [-0.3, -0.25) is 0 Å². The molecule has 104 valence electrons. The number of carbonyl (C=O) groups is 1. The molecule has 19 heavy (non-hydrogen) atoms. The number of hydrogen-bond acceptors (Lipinski definition) is 4. The molecule has 3 rings (SSSR count). The van der Waals surface area contributed by atoms with Gasteiger partial charge in [-0.1, -0.05) is 25.0 Å². The Balaban J connectivity index is 2.07. The Bertz CT molecular complexity index is 512. The number of aliphatic hydroxyl groups is 2. The molecule has 0 radical (unpaired) electrons. The van der Waals surface area contributed by atoms with Crippen molar-refractivity contribution in [2.24, 2.45) is 11.3 Å². The molecule has 1 heterocycles. The summed E-state index contributed by atoms with van der Waals surface area (Å²) in [7, 11) is 0. The molecule has 3 atom stereocenters. The van der Waals surface area contributed by atoms with Gasteiger partial charge in [-0.05, 0) is 25.2 Å². The van der Waals surface area contributed by atoms with E-state index in [0.717, 1.165) is 18.4 Å². The van der Waals surface area contributed by atoms with E-state index >= 15 is 0 Å². The summed E-state index contributed by atoms with van der Waals surface area (Å²) in [5.41, 5.74) is 3.41. The fourth-order valence-corrected chi connectivity index (χ4v) is 3.80. The minimum Gasteiger partial charge on any atom is -0.428 e. The van der Waals surface area contributed by atoms with Crippen molar-refractivity contribution in [3.05, 3.63) is 22.3 Å². The minimum atomic E-state index is -1.27. The van der Waals surface area contributed by atoms with Crippen LogP contribution >= 0.6 is 0 Å². The van der Waals surface area contributed by atoms with Crippen molar-refractivity contribution in [2.45, 2.75) is 52.4 Å². The molecule has 4 nitrogen and oxygen atoms in total. The van der Waals surface area contributed by atoms with Crippen LogP contribution in [0.1, 0.15) is 40.0 Å². The molecule has 0 saturated heterocycles. The molecule has 0 bridgehead atoms. The lowest BCUT2D eigenvalue weighted by Gasteiger charge is -2.23. The lowest BCUT2D eigenvalue weighted by molar-refractivity contribution is -0.153. The summed E-state index contributed by atoms with van der Waals surface area (Å²) in [4.78, 5) is 11.7. The van der Waals surface area contributed by atoms with Gasteiger partial charge in [0, 0.05) is 23.5 Å². The average molecular weight is 264 g/mol. The number of ether oxygens (including phenoxy) is 1. The molecule has 4 heteroatoms. The standard InChI is InChI=1S/C15H20O4/c1-7-4-8-11(14(18)19-13(8)17)12(16)10-6-15(2,3)5-9(7)10/h10,12,14,16,18H,4-6H2,1-3H3/t10-,12-,14-/m1/s1. The topological polar surface area (TPSA) is 66.8 Å². The van der Waals surface area contributed by atoms with Gasteiger partial charge in [-0.15, -0.1) is 0 Å². The Hall–Kier alpha value is -1.13. The Morgan fingerprint density at radius 1 is 1.32 bits per heavy atom. The van der Waals surface area contributed by atoms with Gasteiger partial charge in [-0.25, -0.2) is 4.79 Å². The fraction of sp³-hybridized carbons (Fsp3) is 0.667. The van der Waals surface area contributed by atoms with Gasteiger partial charge in [0.15, 0.2) is 0 Å². The molecule has 0 aromatic rings. The monoisotopic (exact) mass is 264 g/mol. The van der Waals surface area contributed by atoms with Crippen LogP contribution in [0.25, 0.3) is 0 Å². The summed E-state index contributed by atoms with van der Waals surface area (Å²) in [5, 5.41) is 20.4. The van der Waals surface area contributed by atoms with Gasteiger partial charge in [0.25, 0.3) is 0 Å². The van der Waals surface area contributed by atoms with E-state index in [4.69, 9.17) is 4.74 Å². The van der Waals surface area contributed by atoms with E-state index in [2.05, 4.69) is 13.8 Å². The van der Waals surface area contributed by atoms with E-state index in [1.54, 1.807) is 0 Å². The molecular formula is C15H20O4. The molecule has 2 aliphatic carbocycles. The lowest BCUT2D eigenvalue weighted by atomic mass is 9.86. The summed E-state index contributed by atoms with van der Waals surface area (Å²) in [6, 6.07) is 0. The highest BCUT2D eigenvalue weighted by molar-refractivity contribution is 5.93. The van der Waals surface area contributed by atoms with Crippen molar-refractivity contribution < 1.29 is 19.7 Å². The third kappa shape index (κ3) is 1.85. The van der Waals surface area contributed by atoms with E-state index < -0.39 is 18.4 Å². The predicted octanol–water partition coefficient (Wildman–Crippen LogP) is 1.68. The molecule has 3 aliphatic rings. The Morgan fingerprint density at radius 3 is 2.68 bits per heavy atom. The highest BCUT2D eigenvalue weighted by atomic mass is 16.6. The zero-order valence-corrected chi connectivity index (χ0v) is 11.6. The smallest absolute Gasteiger partial charge is 0.337 e. The molecular weight excluding hydrogens is 244 g/mol. The highest BCUT2D eigenvalue weighted by Crippen LogP contribution is 2.51. The summed E-state index contributed by atoms with van der Waals surface area (Å²) < 4.78 is 4.84. The normalized spacial score (nSPS) is 37.1. The van der Waals surface area contributed by atoms with Gasteiger partial charge in [-0.2, -0.15) is 0 Å². The first kappa shape index (κ1) is 12.9. The maximum absolute atomic E-state index is 11.7. The van der Waals surface area contributed by atoms with Crippen molar-refractivity contribution in [3.8, 4) is 0 Å². The SMILES string of the molecule is CC1=C2CC(C)(C)C[C@H]2[C@@H](O)C2=C(C1)C(=O)O[C@H]2O. The molecule has 1 aliphatic heterocycles. The van der Waals surface area contributed by atoms with Gasteiger partial charge in [0.2, 0.25) is 6.29 Å². The van der Waals surface area contributed by atoms with Crippen LogP contribution in [0.5, 0.6) is 0 Å². The van der Waals surface area contributed by atoms with E-state index in [9.17, 15) is 15.0 Å². The van der Waals surface area contributed by atoms with E-state index in [1.165, 1.54) is 5.57 Å². The summed E-state index contributed by atoms with van der Waals surface area (Å²) in [6.45, 7) is 6.40. The number of carbonyl (C=O) groups excluding carboxylic acids is 1. The van der Waals surface area contributed by atoms with Crippen molar-refractivity contribution in [3.63, 3.8) is 0 Å². The Morgan fingerprint density at radius 2 is 2.00 bits per heavy atom. The molecule has 2 N–H and O–H groups in total. The summed E-state index contributed by atoms with van der Waals surface area (Å²) >= 11 is 0. The largest absolute Gasteiger partial charge is 0.428 e. The van der Waals surface area contributed by atoms with Crippen molar-refractivity contribution in [2.75, 3.05) is 0 Å². The van der Waals surface area contributed by atoms with Crippen LogP contribution < -0.4 is 0 Å². The van der Waals surface area contributed by atoms with Crippen molar-refractivity contribution in [1.29, 1.82) is 0 Å². The van der Waals surface area contributed by atoms with E-state index in [-0.39, 0.29) is 11.3 Å². The van der Waals surface area contributed by atoms with Crippen molar-refractivity contribution in [1.82, 2.24) is 0 Å². The number of hydrogen-bond donors (Lipinski definition) is 2. The Kier molecular flexibility index (Phi) is 2.67. The number of cyclic esters (lactones) is 1. The van der Waals surface area contributed by atoms with Crippen LogP contribution in [0.3, 0.4) is 0 Å². The van der Waals surface area contributed by atoms with Crippen molar-refractivity contribution >= 4 is 5.97 Å². The maximum atomic E-state index is 11.7. The number of fused-ring (bicyclic) bond motifs is 1. The third-order valence-electron chi connectivity index (χ3n) is 4.66. The second-order valence-electron chi connectivity index (χ2n) is 6.77. The molecule has 1 fully saturated rings. The number of aliphatic hydroxyl groups excluding tert-OH is 2. The average Bonchev–Trinajstić information content (AvgIpc) is 2.73. The lowest BCUT2D eigenvalue weighted by Crippen LogP contribution is -2.28. The van der Waals surface area contributed by atoms with E-state index in [1.807, 2.05) is 6.92 Å². The maximum Gasteiger partial charge on any atom is 0.337 e. The quantitative estimate of drug-likeness (QED) is 0.516. The summed E-state index contributed by atoms with van der Waals surface area (Å²) in [5.74, 6) is -0.479. The molecule has 0 amide bonds. The fourth-order valence-electron chi connectivity index (χ4n) is 3.80. The van der Waals surface area contributed by atoms with Crippen LogP contribution in [-0.2, 0) is 9.53 Å². The second kappa shape index (κ2) is 3.93. The molecule has 0 aromatic heterocycles. The first-order chi connectivity index (χ1) is 8.80. The Labute approximate surface area is 112 Å². The first-order valence-corrected chi connectivity index (χ1v) is 6.79. The zero-order chi connectivity index (χ0) is 13.9. The van der Waals surface area contributed by atoms with Gasteiger partial charge < -0.3 is 14.9 Å². The molecule has 1 saturated carbocycles. The van der Waals surface area contributed by atoms with Crippen LogP contribution in [0.2, 0.25) is 0 Å². The minimum absolute atomic E-state index is 0.00616. The predicted molar refractivity (Wildman–Crippen MR) is 69.0 cm³/mol. The highest BCUT2D eigenvalue weighted by Gasteiger charge is 2.47. The molecule has 0 unspecified atom stereocenters. The van der Waals surface area contributed by atoms with Crippen LogP contribution in [-0.4, -0.2) is 28.6 Å². The molecule has 0 spiro atoms. The number of rotatable bonds is 0. The van der Waals surface area contributed by atoms with Gasteiger partial charge >= 0.3 is 5.97 Å². The van der Waals surface area contributed by atoms with E-state index in [0.29, 0.717) is 17.6 Å². The molecule has 0 aromatic carbocycles. The zero-order valence-electron chi connectivity index (χ0n) is 11.6.